The molecule has 0 radical (unpaired) electrons. The van der Waals surface area contributed by atoms with Crippen molar-refractivity contribution < 1.29 is 4.39 Å². The van der Waals surface area contributed by atoms with Crippen LogP contribution >= 0.6 is 11.8 Å². The van der Waals surface area contributed by atoms with Gasteiger partial charge in [0.25, 0.3) is 5.56 Å². The quantitative estimate of drug-likeness (QED) is 0.431. The van der Waals surface area contributed by atoms with Crippen molar-refractivity contribution in [1.29, 1.82) is 0 Å². The van der Waals surface area contributed by atoms with Crippen LogP contribution in [-0.2, 0) is 5.75 Å². The number of nitrogen functional groups attached to an aromatic ring is 1. The number of nitrogens with two attached hydrogens (primary N) is 1. The molecule has 0 unspecified atom stereocenters. The van der Waals surface area contributed by atoms with Crippen LogP contribution in [0.5, 0.6) is 0 Å². The minimum absolute atomic E-state index is 0.144. The van der Waals surface area contributed by atoms with Crippen LogP contribution < -0.4 is 11.4 Å². The van der Waals surface area contributed by atoms with E-state index in [1.165, 1.54) is 28.6 Å². The molecule has 4 aromatic rings. The zero-order valence-electron chi connectivity index (χ0n) is 14.3. The first kappa shape index (κ1) is 17.2. The molecular weight excluding hydrogens is 367 g/mol. The van der Waals surface area contributed by atoms with Gasteiger partial charge in [-0.3, -0.25) is 9.20 Å². The Hall–Kier alpha value is -3.20. The Bertz CT molecular complexity index is 1200. The Labute approximate surface area is 157 Å². The van der Waals surface area contributed by atoms with Gasteiger partial charge in [0.05, 0.1) is 11.3 Å². The van der Waals surface area contributed by atoms with Crippen LogP contribution in [0.3, 0.4) is 0 Å². The van der Waals surface area contributed by atoms with Crippen molar-refractivity contribution in [1.82, 2.24) is 24.3 Å². The van der Waals surface area contributed by atoms with E-state index in [1.54, 1.807) is 28.7 Å². The molecule has 9 heteroatoms. The summed E-state index contributed by atoms with van der Waals surface area (Å²) in [5.74, 6) is 6.22. The number of benzene rings is 1. The molecule has 0 saturated heterocycles. The Balaban J connectivity index is 1.61. The van der Waals surface area contributed by atoms with Crippen molar-refractivity contribution in [2.24, 2.45) is 0 Å². The van der Waals surface area contributed by atoms with E-state index in [9.17, 15) is 9.18 Å². The number of hydrogen-bond donors (Lipinski definition) is 1. The SMILES string of the molecule is Cc1cccc2nc(CSc3nnc(-c4ccccc4F)n3N)cc(=O)n12. The highest BCUT2D eigenvalue weighted by atomic mass is 32.2. The van der Waals surface area contributed by atoms with E-state index in [0.29, 0.717) is 22.3 Å². The molecule has 136 valence electrons. The van der Waals surface area contributed by atoms with Crippen LogP contribution in [0.4, 0.5) is 4.39 Å². The predicted molar refractivity (Wildman–Crippen MR) is 101 cm³/mol. The molecular formula is C18H15FN6OS. The summed E-state index contributed by atoms with van der Waals surface area (Å²) in [4.78, 5) is 16.8. The topological polar surface area (TPSA) is 91.1 Å². The molecule has 0 fully saturated rings. The number of hydrogen-bond acceptors (Lipinski definition) is 6. The van der Waals surface area contributed by atoms with Gasteiger partial charge in [0, 0.05) is 17.5 Å². The Kier molecular flexibility index (Phi) is 4.36. The molecule has 2 N–H and O–H groups in total. The number of rotatable bonds is 4. The third-order valence-corrected chi connectivity index (χ3v) is 5.04. The summed E-state index contributed by atoms with van der Waals surface area (Å²) < 4.78 is 16.7. The molecule has 0 amide bonds. The molecule has 0 saturated carbocycles. The van der Waals surface area contributed by atoms with Gasteiger partial charge in [-0.05, 0) is 31.2 Å². The second-order valence-electron chi connectivity index (χ2n) is 5.89. The van der Waals surface area contributed by atoms with Gasteiger partial charge < -0.3 is 5.84 Å². The first-order valence-electron chi connectivity index (χ1n) is 8.11. The fourth-order valence-electron chi connectivity index (χ4n) is 2.78. The maximum absolute atomic E-state index is 14.0. The Morgan fingerprint density at radius 2 is 1.96 bits per heavy atom. The van der Waals surface area contributed by atoms with Gasteiger partial charge >= 0.3 is 0 Å². The van der Waals surface area contributed by atoms with E-state index in [-0.39, 0.29) is 16.9 Å². The number of thioether (sulfide) groups is 1. The fraction of sp³-hybridized carbons (Fsp3) is 0.111. The van der Waals surface area contributed by atoms with Crippen molar-refractivity contribution in [2.45, 2.75) is 17.8 Å². The average molecular weight is 382 g/mol. The second kappa shape index (κ2) is 6.84. The van der Waals surface area contributed by atoms with Crippen molar-refractivity contribution in [3.05, 3.63) is 76.1 Å². The van der Waals surface area contributed by atoms with E-state index in [2.05, 4.69) is 15.2 Å². The Morgan fingerprint density at radius 1 is 1.15 bits per heavy atom. The van der Waals surface area contributed by atoms with Crippen LogP contribution in [0.15, 0.2) is 58.5 Å². The maximum Gasteiger partial charge on any atom is 0.258 e. The average Bonchev–Trinajstić information content (AvgIpc) is 3.01. The molecule has 7 nitrogen and oxygen atoms in total. The highest BCUT2D eigenvalue weighted by molar-refractivity contribution is 7.98. The number of fused-ring (bicyclic) bond motifs is 1. The second-order valence-corrected chi connectivity index (χ2v) is 6.83. The van der Waals surface area contributed by atoms with Crippen LogP contribution in [0.25, 0.3) is 17.0 Å². The van der Waals surface area contributed by atoms with Gasteiger partial charge in [-0.15, -0.1) is 10.2 Å². The lowest BCUT2D eigenvalue weighted by Crippen LogP contribution is -2.17. The summed E-state index contributed by atoms with van der Waals surface area (Å²) in [6.07, 6.45) is 0. The molecule has 3 aromatic heterocycles. The lowest BCUT2D eigenvalue weighted by molar-refractivity contribution is 0.629. The summed E-state index contributed by atoms with van der Waals surface area (Å²) in [6, 6.07) is 13.2. The van der Waals surface area contributed by atoms with Gasteiger partial charge in [0.15, 0.2) is 5.82 Å². The number of aromatic nitrogens is 5. The van der Waals surface area contributed by atoms with E-state index in [4.69, 9.17) is 5.84 Å². The number of halogens is 1. The maximum atomic E-state index is 14.0. The summed E-state index contributed by atoms with van der Waals surface area (Å²) in [7, 11) is 0. The molecule has 0 spiro atoms. The summed E-state index contributed by atoms with van der Waals surface area (Å²) in [6.45, 7) is 1.85. The molecule has 0 aliphatic carbocycles. The molecule has 1 aromatic carbocycles. The van der Waals surface area contributed by atoms with Crippen molar-refractivity contribution in [3.63, 3.8) is 0 Å². The van der Waals surface area contributed by atoms with Crippen LogP contribution in [-0.4, -0.2) is 24.3 Å². The fourth-order valence-corrected chi connectivity index (χ4v) is 3.53. The lowest BCUT2D eigenvalue weighted by Gasteiger charge is -2.07. The molecule has 0 aliphatic heterocycles. The summed E-state index contributed by atoms with van der Waals surface area (Å²) >= 11 is 1.27. The number of nitrogens with zero attached hydrogens (tertiary/aromatic N) is 5. The largest absolute Gasteiger partial charge is 0.335 e. The van der Waals surface area contributed by atoms with Crippen molar-refractivity contribution in [2.75, 3.05) is 5.84 Å². The van der Waals surface area contributed by atoms with E-state index >= 15 is 0 Å². The first-order valence-corrected chi connectivity index (χ1v) is 9.09. The zero-order chi connectivity index (χ0) is 19.0. The summed E-state index contributed by atoms with van der Waals surface area (Å²) in [5.41, 5.74) is 2.14. The third kappa shape index (κ3) is 3.17. The van der Waals surface area contributed by atoms with Gasteiger partial charge in [-0.2, -0.15) is 0 Å². The van der Waals surface area contributed by atoms with Gasteiger partial charge in [-0.25, -0.2) is 14.1 Å². The monoisotopic (exact) mass is 382 g/mol. The smallest absolute Gasteiger partial charge is 0.258 e. The normalized spacial score (nSPS) is 11.2. The van der Waals surface area contributed by atoms with Gasteiger partial charge in [0.1, 0.15) is 11.5 Å². The minimum Gasteiger partial charge on any atom is -0.335 e. The predicted octanol–water partition coefficient (Wildman–Crippen LogP) is 2.41. The molecule has 4 rings (SSSR count). The van der Waals surface area contributed by atoms with Gasteiger partial charge in [0.2, 0.25) is 5.16 Å². The minimum atomic E-state index is -0.423. The number of pyridine rings is 1. The van der Waals surface area contributed by atoms with Crippen LogP contribution in [0.1, 0.15) is 11.4 Å². The standard InChI is InChI=1S/C18H15FN6OS/c1-11-5-4-8-15-21-12(9-16(26)24(11)15)10-27-18-23-22-17(25(18)20)13-6-2-3-7-14(13)19/h2-9H,10,20H2,1H3. The van der Waals surface area contributed by atoms with E-state index in [0.717, 1.165) is 5.69 Å². The third-order valence-electron chi connectivity index (χ3n) is 4.06. The molecule has 0 bridgehead atoms. The van der Waals surface area contributed by atoms with Crippen molar-refractivity contribution in [3.8, 4) is 11.4 Å². The highest BCUT2D eigenvalue weighted by Gasteiger charge is 2.15. The Morgan fingerprint density at radius 3 is 2.78 bits per heavy atom. The van der Waals surface area contributed by atoms with Crippen LogP contribution in [0.2, 0.25) is 0 Å². The molecule has 0 aliphatic rings. The molecule has 3 heterocycles. The van der Waals surface area contributed by atoms with Crippen molar-refractivity contribution >= 4 is 17.4 Å². The highest BCUT2D eigenvalue weighted by Crippen LogP contribution is 2.25. The lowest BCUT2D eigenvalue weighted by atomic mass is 10.2. The van der Waals surface area contributed by atoms with E-state index in [1.807, 2.05) is 19.1 Å². The molecule has 0 atom stereocenters. The van der Waals surface area contributed by atoms with Crippen LogP contribution in [0, 0.1) is 12.7 Å². The summed E-state index contributed by atoms with van der Waals surface area (Å²) in [5, 5.41) is 8.40. The van der Waals surface area contributed by atoms with Gasteiger partial charge in [-0.1, -0.05) is 30.0 Å². The van der Waals surface area contributed by atoms with E-state index < -0.39 is 5.82 Å². The molecule has 27 heavy (non-hydrogen) atoms. The first-order chi connectivity index (χ1) is 13.0. The zero-order valence-corrected chi connectivity index (χ0v) is 15.2. The number of aryl methyl sites for hydroxylation is 1.